The fourth-order valence-electron chi connectivity index (χ4n) is 1.37. The average molecular weight is 232 g/mol. The van der Waals surface area contributed by atoms with E-state index in [0.29, 0.717) is 6.54 Å². The summed E-state index contributed by atoms with van der Waals surface area (Å²) in [6, 6.07) is 11.0. The van der Waals surface area contributed by atoms with E-state index in [0.717, 1.165) is 5.56 Å². The van der Waals surface area contributed by atoms with Crippen molar-refractivity contribution in [1.82, 2.24) is 5.32 Å². The van der Waals surface area contributed by atoms with E-state index in [1.54, 1.807) is 0 Å². The summed E-state index contributed by atoms with van der Waals surface area (Å²) in [7, 11) is 0. The Morgan fingerprint density at radius 1 is 1.47 bits per heavy atom. The lowest BCUT2D eigenvalue weighted by atomic mass is 10.2. The van der Waals surface area contributed by atoms with Gasteiger partial charge in [-0.05, 0) is 12.1 Å². The second kappa shape index (κ2) is 7.42. The molecule has 0 saturated carbocycles. The van der Waals surface area contributed by atoms with Gasteiger partial charge in [-0.2, -0.15) is 5.26 Å². The summed E-state index contributed by atoms with van der Waals surface area (Å²) in [6.07, 6.45) is 0.0805. The maximum atomic E-state index is 11.4. The molecule has 0 aliphatic rings. The number of nitriles is 1. The van der Waals surface area contributed by atoms with E-state index in [9.17, 15) is 4.79 Å². The summed E-state index contributed by atoms with van der Waals surface area (Å²) in [4.78, 5) is 11.4. The van der Waals surface area contributed by atoms with Crippen LogP contribution in [-0.2, 0) is 16.1 Å². The number of benzene rings is 1. The van der Waals surface area contributed by atoms with Gasteiger partial charge in [-0.1, -0.05) is 37.3 Å². The largest absolute Gasteiger partial charge is 0.461 e. The Kier molecular flexibility index (Phi) is 5.76. The third kappa shape index (κ3) is 5.14. The number of rotatable bonds is 6. The Bertz CT molecular complexity index is 384. The molecule has 0 aliphatic carbocycles. The van der Waals surface area contributed by atoms with E-state index >= 15 is 0 Å². The molecule has 1 atom stereocenters. The van der Waals surface area contributed by atoms with Crippen molar-refractivity contribution in [2.45, 2.75) is 26.0 Å². The smallest absolute Gasteiger partial charge is 0.308 e. The highest BCUT2D eigenvalue weighted by atomic mass is 16.5. The molecule has 0 heterocycles. The maximum absolute atomic E-state index is 11.4. The summed E-state index contributed by atoms with van der Waals surface area (Å²) in [5.41, 5.74) is 0.942. The Balaban J connectivity index is 2.33. The minimum atomic E-state index is -0.469. The number of ether oxygens (including phenoxy) is 1. The topological polar surface area (TPSA) is 62.1 Å². The summed E-state index contributed by atoms with van der Waals surface area (Å²) in [6.45, 7) is 2.80. The monoisotopic (exact) mass is 232 g/mol. The average Bonchev–Trinajstić information content (AvgIpc) is 2.37. The molecule has 0 spiro atoms. The van der Waals surface area contributed by atoms with Crippen LogP contribution in [0.15, 0.2) is 30.3 Å². The molecule has 1 aromatic carbocycles. The number of hydrogen-bond acceptors (Lipinski definition) is 4. The lowest BCUT2D eigenvalue weighted by Gasteiger charge is -2.09. The molecule has 17 heavy (non-hydrogen) atoms. The van der Waals surface area contributed by atoms with Crippen LogP contribution in [0.3, 0.4) is 0 Å². The van der Waals surface area contributed by atoms with E-state index in [2.05, 4.69) is 5.32 Å². The van der Waals surface area contributed by atoms with Crippen molar-refractivity contribution in [2.24, 2.45) is 0 Å². The Morgan fingerprint density at radius 3 is 2.76 bits per heavy atom. The third-order valence-corrected chi connectivity index (χ3v) is 2.22. The molecular weight excluding hydrogens is 216 g/mol. The zero-order valence-electron chi connectivity index (χ0n) is 9.85. The van der Waals surface area contributed by atoms with E-state index in [1.807, 2.05) is 43.3 Å². The molecule has 0 fully saturated rings. The van der Waals surface area contributed by atoms with Crippen LogP contribution in [0.25, 0.3) is 0 Å². The number of carbonyl (C=O) groups excluding carboxylic acids is 1. The molecule has 1 N–H and O–H groups in total. The summed E-state index contributed by atoms with van der Waals surface area (Å²) >= 11 is 0. The van der Waals surface area contributed by atoms with Crippen LogP contribution in [0.4, 0.5) is 0 Å². The van der Waals surface area contributed by atoms with Gasteiger partial charge in [0.2, 0.25) is 0 Å². The molecule has 0 amide bonds. The van der Waals surface area contributed by atoms with Crippen LogP contribution >= 0.6 is 0 Å². The van der Waals surface area contributed by atoms with Gasteiger partial charge in [0.25, 0.3) is 0 Å². The second-order valence-corrected chi connectivity index (χ2v) is 3.59. The first-order valence-corrected chi connectivity index (χ1v) is 5.58. The van der Waals surface area contributed by atoms with Gasteiger partial charge in [0.05, 0.1) is 12.5 Å². The molecule has 4 nitrogen and oxygen atoms in total. The van der Waals surface area contributed by atoms with Gasteiger partial charge >= 0.3 is 5.97 Å². The molecule has 4 heteroatoms. The molecule has 0 aromatic heterocycles. The van der Waals surface area contributed by atoms with Gasteiger partial charge in [-0.25, -0.2) is 0 Å². The van der Waals surface area contributed by atoms with Gasteiger partial charge in [0, 0.05) is 0 Å². The van der Waals surface area contributed by atoms with Crippen LogP contribution in [-0.4, -0.2) is 18.6 Å². The van der Waals surface area contributed by atoms with Crippen molar-refractivity contribution in [3.05, 3.63) is 35.9 Å². The molecule has 0 bridgehead atoms. The highest BCUT2D eigenvalue weighted by Crippen LogP contribution is 2.02. The molecular formula is C13H16N2O2. The third-order valence-electron chi connectivity index (χ3n) is 2.22. The zero-order chi connectivity index (χ0) is 12.5. The molecule has 0 aliphatic heterocycles. The summed E-state index contributed by atoms with van der Waals surface area (Å²) < 4.78 is 5.08. The molecule has 90 valence electrons. The lowest BCUT2D eigenvalue weighted by Crippen LogP contribution is -2.30. The minimum Gasteiger partial charge on any atom is -0.461 e. The number of nitrogens with zero attached hydrogens (tertiary/aromatic N) is 1. The van der Waals surface area contributed by atoms with E-state index in [1.165, 1.54) is 0 Å². The summed E-state index contributed by atoms with van der Waals surface area (Å²) in [5, 5.41) is 11.7. The van der Waals surface area contributed by atoms with Crippen LogP contribution in [0.2, 0.25) is 0 Å². The summed E-state index contributed by atoms with van der Waals surface area (Å²) in [5.74, 6) is -0.360. The van der Waals surface area contributed by atoms with Crippen molar-refractivity contribution in [2.75, 3.05) is 6.54 Å². The normalized spacial score (nSPS) is 11.5. The van der Waals surface area contributed by atoms with E-state index in [4.69, 9.17) is 10.00 Å². The highest BCUT2D eigenvalue weighted by molar-refractivity contribution is 5.70. The standard InChI is InChI=1S/C13H16N2O2/c1-2-15-12(9-14)8-13(16)17-10-11-6-4-3-5-7-11/h3-7,12,15H,2,8,10H2,1H3. The predicted octanol–water partition coefficient (Wildman–Crippen LogP) is 1.62. The van der Waals surface area contributed by atoms with Gasteiger partial charge in [-0.15, -0.1) is 0 Å². The van der Waals surface area contributed by atoms with E-state index in [-0.39, 0.29) is 19.0 Å². The molecule has 0 saturated heterocycles. The molecule has 1 unspecified atom stereocenters. The van der Waals surface area contributed by atoms with Crippen molar-refractivity contribution in [3.8, 4) is 6.07 Å². The van der Waals surface area contributed by atoms with Crippen LogP contribution in [0.5, 0.6) is 0 Å². The fraction of sp³-hybridized carbons (Fsp3) is 0.385. The van der Waals surface area contributed by atoms with Crippen molar-refractivity contribution < 1.29 is 9.53 Å². The van der Waals surface area contributed by atoms with Crippen molar-refractivity contribution in [1.29, 1.82) is 5.26 Å². The van der Waals surface area contributed by atoms with Gasteiger partial charge in [-0.3, -0.25) is 4.79 Å². The first-order valence-electron chi connectivity index (χ1n) is 5.58. The van der Waals surface area contributed by atoms with Crippen molar-refractivity contribution >= 4 is 5.97 Å². The Hall–Kier alpha value is -1.86. The second-order valence-electron chi connectivity index (χ2n) is 3.59. The number of nitrogens with one attached hydrogen (secondary N) is 1. The van der Waals surface area contributed by atoms with E-state index < -0.39 is 6.04 Å². The Morgan fingerprint density at radius 2 is 2.18 bits per heavy atom. The van der Waals surface area contributed by atoms with Crippen LogP contribution in [0, 0.1) is 11.3 Å². The SMILES string of the molecule is CCNC(C#N)CC(=O)OCc1ccccc1. The van der Waals surface area contributed by atoms with Crippen molar-refractivity contribution in [3.63, 3.8) is 0 Å². The van der Waals surface area contributed by atoms with Gasteiger partial charge < -0.3 is 10.1 Å². The quantitative estimate of drug-likeness (QED) is 0.757. The first kappa shape index (κ1) is 13.2. The Labute approximate surface area is 101 Å². The minimum absolute atomic E-state index is 0.0805. The molecule has 1 rings (SSSR count). The predicted molar refractivity (Wildman–Crippen MR) is 63.9 cm³/mol. The van der Waals surface area contributed by atoms with Gasteiger partial charge in [0.1, 0.15) is 12.6 Å². The number of hydrogen-bond donors (Lipinski definition) is 1. The van der Waals surface area contributed by atoms with Crippen LogP contribution < -0.4 is 5.32 Å². The maximum Gasteiger partial charge on any atom is 0.308 e. The number of carbonyl (C=O) groups is 1. The lowest BCUT2D eigenvalue weighted by molar-refractivity contribution is -0.145. The fourth-order valence-corrected chi connectivity index (χ4v) is 1.37. The zero-order valence-corrected chi connectivity index (χ0v) is 9.85. The molecule has 1 aromatic rings. The number of esters is 1. The highest BCUT2D eigenvalue weighted by Gasteiger charge is 2.12. The first-order chi connectivity index (χ1) is 8.26. The molecule has 0 radical (unpaired) electrons. The van der Waals surface area contributed by atoms with Crippen LogP contribution in [0.1, 0.15) is 18.9 Å². The van der Waals surface area contributed by atoms with Gasteiger partial charge in [0.15, 0.2) is 0 Å².